The van der Waals surface area contributed by atoms with E-state index in [1.807, 2.05) is 0 Å². The molecule has 126 valence electrons. The Morgan fingerprint density at radius 3 is 2.58 bits per heavy atom. The van der Waals surface area contributed by atoms with Gasteiger partial charge in [-0.3, -0.25) is 0 Å². The van der Waals surface area contributed by atoms with Gasteiger partial charge in [-0.2, -0.15) is 21.6 Å². The Morgan fingerprint density at radius 2 is 1.88 bits per heavy atom. The van der Waals surface area contributed by atoms with Crippen molar-refractivity contribution in [1.29, 1.82) is 0 Å². The number of hydrogen-bond acceptors (Lipinski definition) is 3. The summed E-state index contributed by atoms with van der Waals surface area (Å²) in [4.78, 5) is 1.57. The number of fused-ring (bicyclic) bond motifs is 1. The SMILES string of the molecule is Cc1ccc2c(c1)N(Cc1cccc(C(F)(F)F)c1)C=NS2(=O)=O. The summed E-state index contributed by atoms with van der Waals surface area (Å²) in [5.74, 6) is 0. The van der Waals surface area contributed by atoms with Crippen molar-refractivity contribution >= 4 is 22.0 Å². The van der Waals surface area contributed by atoms with Crippen molar-refractivity contribution in [3.05, 3.63) is 59.2 Å². The predicted octanol–water partition coefficient (Wildman–Crippen LogP) is 3.75. The molecule has 8 heteroatoms. The zero-order valence-corrected chi connectivity index (χ0v) is 13.4. The van der Waals surface area contributed by atoms with Crippen LogP contribution in [0.4, 0.5) is 18.9 Å². The lowest BCUT2D eigenvalue weighted by atomic mass is 10.1. The van der Waals surface area contributed by atoms with Crippen LogP contribution < -0.4 is 4.90 Å². The van der Waals surface area contributed by atoms with Crippen molar-refractivity contribution in [3.63, 3.8) is 0 Å². The summed E-state index contributed by atoms with van der Waals surface area (Å²) in [5.41, 5.74) is 0.907. The molecule has 0 radical (unpaired) electrons. The number of nitrogens with zero attached hydrogens (tertiary/aromatic N) is 2. The van der Waals surface area contributed by atoms with E-state index < -0.39 is 21.8 Å². The minimum Gasteiger partial charge on any atom is -0.326 e. The van der Waals surface area contributed by atoms with Gasteiger partial charge >= 0.3 is 6.18 Å². The highest BCUT2D eigenvalue weighted by Crippen LogP contribution is 2.33. The number of sulfonamides is 1. The van der Waals surface area contributed by atoms with E-state index in [1.165, 1.54) is 17.0 Å². The van der Waals surface area contributed by atoms with Gasteiger partial charge in [-0.05, 0) is 42.3 Å². The van der Waals surface area contributed by atoms with Crippen molar-refractivity contribution in [1.82, 2.24) is 0 Å². The van der Waals surface area contributed by atoms with Crippen LogP contribution in [0, 0.1) is 6.92 Å². The highest BCUT2D eigenvalue weighted by molar-refractivity contribution is 7.90. The molecule has 1 aliphatic heterocycles. The molecule has 2 aromatic rings. The molecule has 1 aliphatic rings. The third kappa shape index (κ3) is 3.14. The van der Waals surface area contributed by atoms with Crippen molar-refractivity contribution < 1.29 is 21.6 Å². The van der Waals surface area contributed by atoms with Gasteiger partial charge in [0, 0.05) is 6.54 Å². The molecular weight excluding hydrogens is 341 g/mol. The molecule has 0 aliphatic carbocycles. The largest absolute Gasteiger partial charge is 0.416 e. The number of anilines is 1. The summed E-state index contributed by atoms with van der Waals surface area (Å²) >= 11 is 0. The van der Waals surface area contributed by atoms with Gasteiger partial charge in [-0.1, -0.05) is 18.2 Å². The summed E-state index contributed by atoms with van der Waals surface area (Å²) in [5, 5.41) is 0. The first-order chi connectivity index (χ1) is 11.2. The van der Waals surface area contributed by atoms with Gasteiger partial charge in [0.05, 0.1) is 11.3 Å². The Hall–Kier alpha value is -2.35. The molecule has 3 rings (SSSR count). The van der Waals surface area contributed by atoms with Gasteiger partial charge in [0.25, 0.3) is 10.0 Å². The third-order valence-corrected chi connectivity index (χ3v) is 4.91. The van der Waals surface area contributed by atoms with E-state index in [-0.39, 0.29) is 11.4 Å². The summed E-state index contributed by atoms with van der Waals surface area (Å²) in [6.07, 6.45) is -3.29. The van der Waals surface area contributed by atoms with E-state index in [0.717, 1.165) is 24.0 Å². The van der Waals surface area contributed by atoms with E-state index in [1.54, 1.807) is 25.1 Å². The van der Waals surface area contributed by atoms with Gasteiger partial charge in [0.15, 0.2) is 0 Å². The highest BCUT2D eigenvalue weighted by Gasteiger charge is 2.31. The van der Waals surface area contributed by atoms with Crippen LogP contribution in [0.15, 0.2) is 51.8 Å². The molecule has 0 N–H and O–H groups in total. The molecule has 0 amide bonds. The van der Waals surface area contributed by atoms with E-state index >= 15 is 0 Å². The van der Waals surface area contributed by atoms with Crippen LogP contribution in [-0.2, 0) is 22.7 Å². The summed E-state index contributed by atoms with van der Waals surface area (Å²) in [6.45, 7) is 1.89. The lowest BCUT2D eigenvalue weighted by molar-refractivity contribution is -0.137. The third-order valence-electron chi connectivity index (χ3n) is 3.63. The number of hydrogen-bond donors (Lipinski definition) is 0. The maximum atomic E-state index is 12.8. The number of alkyl halides is 3. The van der Waals surface area contributed by atoms with E-state index in [4.69, 9.17) is 0 Å². The first-order valence-electron chi connectivity index (χ1n) is 7.01. The predicted molar refractivity (Wildman–Crippen MR) is 84.5 cm³/mol. The smallest absolute Gasteiger partial charge is 0.326 e. The second-order valence-electron chi connectivity index (χ2n) is 5.49. The molecular formula is C16H13F3N2O2S. The minimum absolute atomic E-state index is 0.0441. The maximum absolute atomic E-state index is 12.8. The van der Waals surface area contributed by atoms with Crippen LogP contribution in [0.3, 0.4) is 0 Å². The first kappa shape index (κ1) is 16.5. The second-order valence-corrected chi connectivity index (χ2v) is 7.09. The lowest BCUT2D eigenvalue weighted by Gasteiger charge is -2.25. The fourth-order valence-electron chi connectivity index (χ4n) is 2.48. The van der Waals surface area contributed by atoms with Gasteiger partial charge in [0.2, 0.25) is 0 Å². The lowest BCUT2D eigenvalue weighted by Crippen LogP contribution is -2.27. The van der Waals surface area contributed by atoms with Crippen LogP contribution in [0.5, 0.6) is 0 Å². The number of halogens is 3. The number of benzene rings is 2. The molecule has 4 nitrogen and oxygen atoms in total. The molecule has 2 aromatic carbocycles. The normalized spacial score (nSPS) is 16.1. The molecule has 0 fully saturated rings. The van der Waals surface area contributed by atoms with Gasteiger partial charge in [-0.25, -0.2) is 0 Å². The zero-order valence-electron chi connectivity index (χ0n) is 12.6. The molecule has 0 spiro atoms. The van der Waals surface area contributed by atoms with Crippen LogP contribution in [0.1, 0.15) is 16.7 Å². The van der Waals surface area contributed by atoms with Crippen molar-refractivity contribution in [2.45, 2.75) is 24.5 Å². The fraction of sp³-hybridized carbons (Fsp3) is 0.188. The average molecular weight is 354 g/mol. The topological polar surface area (TPSA) is 49.7 Å². The van der Waals surface area contributed by atoms with E-state index in [9.17, 15) is 21.6 Å². The highest BCUT2D eigenvalue weighted by atomic mass is 32.2. The quantitative estimate of drug-likeness (QED) is 0.825. The van der Waals surface area contributed by atoms with Gasteiger partial charge in [-0.15, -0.1) is 4.40 Å². The average Bonchev–Trinajstić information content (AvgIpc) is 2.49. The molecule has 1 heterocycles. The fourth-order valence-corrected chi connectivity index (χ4v) is 3.51. The van der Waals surface area contributed by atoms with Crippen LogP contribution >= 0.6 is 0 Å². The number of aryl methyl sites for hydroxylation is 1. The second kappa shape index (κ2) is 5.62. The van der Waals surface area contributed by atoms with E-state index in [2.05, 4.69) is 4.40 Å². The number of rotatable bonds is 2. The Balaban J connectivity index is 1.99. The standard InChI is InChI=1S/C16H13F3N2O2S/c1-11-5-6-15-14(7-11)21(10-20-24(15,22)23)9-12-3-2-4-13(8-12)16(17,18)19/h2-8,10H,9H2,1H3. The molecule has 0 saturated carbocycles. The Kier molecular flexibility index (Phi) is 3.87. The molecule has 0 unspecified atom stereocenters. The summed E-state index contributed by atoms with van der Waals surface area (Å²) < 4.78 is 66.0. The minimum atomic E-state index is -4.43. The van der Waals surface area contributed by atoms with Crippen LogP contribution in [0.2, 0.25) is 0 Å². The van der Waals surface area contributed by atoms with Gasteiger partial charge in [0.1, 0.15) is 11.2 Å². The molecule has 0 saturated heterocycles. The zero-order chi connectivity index (χ0) is 17.5. The molecule has 0 atom stereocenters. The van der Waals surface area contributed by atoms with Crippen LogP contribution in [-0.4, -0.2) is 14.8 Å². The molecule has 0 aromatic heterocycles. The maximum Gasteiger partial charge on any atom is 0.416 e. The monoisotopic (exact) mass is 354 g/mol. The first-order valence-corrected chi connectivity index (χ1v) is 8.45. The molecule has 24 heavy (non-hydrogen) atoms. The Bertz CT molecular complexity index is 921. The van der Waals surface area contributed by atoms with Crippen molar-refractivity contribution in [3.8, 4) is 0 Å². The van der Waals surface area contributed by atoms with Gasteiger partial charge < -0.3 is 4.90 Å². The van der Waals surface area contributed by atoms with Crippen LogP contribution in [0.25, 0.3) is 0 Å². The van der Waals surface area contributed by atoms with Crippen molar-refractivity contribution in [2.75, 3.05) is 4.90 Å². The molecule has 0 bridgehead atoms. The Morgan fingerprint density at radius 1 is 1.12 bits per heavy atom. The van der Waals surface area contributed by atoms with Crippen molar-refractivity contribution in [2.24, 2.45) is 4.40 Å². The Labute approximate surface area is 137 Å². The summed E-state index contributed by atoms with van der Waals surface area (Å²) in [6, 6.07) is 9.71. The summed E-state index contributed by atoms with van der Waals surface area (Å²) in [7, 11) is -3.77. The van der Waals surface area contributed by atoms with E-state index in [0.29, 0.717) is 11.3 Å².